The number of alkyl halides is 1. The van der Waals surface area contributed by atoms with Crippen molar-refractivity contribution in [2.24, 2.45) is 5.41 Å². The Bertz CT molecular complexity index is 130. The molecule has 0 aromatic carbocycles. The van der Waals surface area contributed by atoms with Crippen molar-refractivity contribution in [3.05, 3.63) is 0 Å². The summed E-state index contributed by atoms with van der Waals surface area (Å²) in [5.41, 5.74) is 0.798. The van der Waals surface area contributed by atoms with E-state index in [2.05, 4.69) is 15.9 Å². The Balaban J connectivity index is 1.98. The number of halogens is 1. The number of rotatable bonds is 0. The van der Waals surface area contributed by atoms with Crippen molar-refractivity contribution in [3.8, 4) is 0 Å². The van der Waals surface area contributed by atoms with E-state index in [1.54, 1.807) is 0 Å². The van der Waals surface area contributed by atoms with Gasteiger partial charge in [-0.25, -0.2) is 0 Å². The molecule has 2 aliphatic rings. The van der Waals surface area contributed by atoms with Crippen LogP contribution in [0.2, 0.25) is 0 Å². The standard InChI is InChI=1S/C10H17Br/c11-9-4-7-10(8-9)5-2-1-3-6-10/h9H,1-8H2. The summed E-state index contributed by atoms with van der Waals surface area (Å²) in [5.74, 6) is 0. The van der Waals surface area contributed by atoms with Crippen LogP contribution in [0.4, 0.5) is 0 Å². The molecular formula is C10H17Br. The van der Waals surface area contributed by atoms with Gasteiger partial charge in [0.15, 0.2) is 0 Å². The summed E-state index contributed by atoms with van der Waals surface area (Å²) in [5, 5.41) is 0. The first-order valence-electron chi connectivity index (χ1n) is 4.95. The maximum absolute atomic E-state index is 3.75. The van der Waals surface area contributed by atoms with Gasteiger partial charge in [0.2, 0.25) is 0 Å². The molecule has 1 unspecified atom stereocenters. The molecule has 0 heterocycles. The van der Waals surface area contributed by atoms with Gasteiger partial charge in [-0.1, -0.05) is 35.2 Å². The molecule has 2 saturated carbocycles. The molecule has 0 aliphatic heterocycles. The van der Waals surface area contributed by atoms with Crippen molar-refractivity contribution in [2.75, 3.05) is 0 Å². The number of hydrogen-bond donors (Lipinski definition) is 0. The third-order valence-electron chi connectivity index (χ3n) is 3.56. The Labute approximate surface area is 77.9 Å². The van der Waals surface area contributed by atoms with Crippen molar-refractivity contribution in [1.29, 1.82) is 0 Å². The normalized spacial score (nSPS) is 36.3. The van der Waals surface area contributed by atoms with Gasteiger partial charge in [-0.05, 0) is 37.5 Å². The molecule has 1 heteroatoms. The van der Waals surface area contributed by atoms with Gasteiger partial charge in [-0.15, -0.1) is 0 Å². The predicted molar refractivity (Wildman–Crippen MR) is 52.1 cm³/mol. The van der Waals surface area contributed by atoms with E-state index in [4.69, 9.17) is 0 Å². The average Bonchev–Trinajstić information content (AvgIpc) is 2.34. The minimum Gasteiger partial charge on any atom is -0.0890 e. The zero-order valence-corrected chi connectivity index (χ0v) is 8.70. The molecule has 0 N–H and O–H groups in total. The molecule has 2 rings (SSSR count). The minimum atomic E-state index is 0.798. The lowest BCUT2D eigenvalue weighted by atomic mass is 9.73. The van der Waals surface area contributed by atoms with Gasteiger partial charge < -0.3 is 0 Å². The lowest BCUT2D eigenvalue weighted by Crippen LogP contribution is -2.20. The average molecular weight is 217 g/mol. The Morgan fingerprint density at radius 3 is 2.27 bits per heavy atom. The van der Waals surface area contributed by atoms with E-state index in [-0.39, 0.29) is 0 Å². The van der Waals surface area contributed by atoms with Crippen LogP contribution in [-0.2, 0) is 0 Å². The summed E-state index contributed by atoms with van der Waals surface area (Å²) >= 11 is 3.75. The van der Waals surface area contributed by atoms with Gasteiger partial charge in [-0.3, -0.25) is 0 Å². The monoisotopic (exact) mass is 216 g/mol. The van der Waals surface area contributed by atoms with Gasteiger partial charge >= 0.3 is 0 Å². The molecule has 2 fully saturated rings. The molecule has 64 valence electrons. The minimum absolute atomic E-state index is 0.798. The zero-order chi connectivity index (χ0) is 7.73. The van der Waals surface area contributed by atoms with Crippen LogP contribution in [-0.4, -0.2) is 4.83 Å². The van der Waals surface area contributed by atoms with Crippen LogP contribution in [0, 0.1) is 5.41 Å². The molecule has 0 amide bonds. The quantitative estimate of drug-likeness (QED) is 0.540. The maximum Gasteiger partial charge on any atom is 0.0151 e. The highest BCUT2D eigenvalue weighted by Gasteiger charge is 2.38. The Morgan fingerprint density at radius 1 is 1.00 bits per heavy atom. The molecule has 11 heavy (non-hydrogen) atoms. The van der Waals surface area contributed by atoms with Gasteiger partial charge in [0.1, 0.15) is 0 Å². The summed E-state index contributed by atoms with van der Waals surface area (Å²) in [6.45, 7) is 0. The van der Waals surface area contributed by atoms with Gasteiger partial charge in [-0.2, -0.15) is 0 Å². The van der Waals surface area contributed by atoms with Crippen LogP contribution in [0.15, 0.2) is 0 Å². The fraction of sp³-hybridized carbons (Fsp3) is 1.00. The zero-order valence-electron chi connectivity index (χ0n) is 7.11. The smallest absolute Gasteiger partial charge is 0.0151 e. The molecule has 1 spiro atoms. The van der Waals surface area contributed by atoms with Crippen molar-refractivity contribution in [3.63, 3.8) is 0 Å². The van der Waals surface area contributed by atoms with E-state index in [0.29, 0.717) is 0 Å². The maximum atomic E-state index is 3.75. The molecule has 1 atom stereocenters. The molecule has 0 aromatic heterocycles. The third kappa shape index (κ3) is 1.63. The first kappa shape index (κ1) is 8.10. The van der Waals surface area contributed by atoms with Crippen molar-refractivity contribution >= 4 is 15.9 Å². The summed E-state index contributed by atoms with van der Waals surface area (Å²) in [4.78, 5) is 0.848. The fourth-order valence-corrected chi connectivity index (χ4v) is 3.81. The van der Waals surface area contributed by atoms with Crippen molar-refractivity contribution in [1.82, 2.24) is 0 Å². The van der Waals surface area contributed by atoms with Gasteiger partial charge in [0, 0.05) is 4.83 Å². The molecule has 0 saturated heterocycles. The summed E-state index contributed by atoms with van der Waals surface area (Å²) in [7, 11) is 0. The van der Waals surface area contributed by atoms with E-state index < -0.39 is 0 Å². The van der Waals surface area contributed by atoms with Gasteiger partial charge in [0.25, 0.3) is 0 Å². The topological polar surface area (TPSA) is 0 Å². The second kappa shape index (κ2) is 3.08. The fourth-order valence-electron chi connectivity index (χ4n) is 2.89. The first-order chi connectivity index (χ1) is 5.31. The SMILES string of the molecule is BrC1CCC2(CCCCC2)C1. The van der Waals surface area contributed by atoms with E-state index in [0.717, 1.165) is 10.2 Å². The lowest BCUT2D eigenvalue weighted by molar-refractivity contribution is 0.198. The summed E-state index contributed by atoms with van der Waals surface area (Å²) in [6, 6.07) is 0. The molecule has 0 aromatic rings. The van der Waals surface area contributed by atoms with Crippen LogP contribution in [0.3, 0.4) is 0 Å². The van der Waals surface area contributed by atoms with E-state index in [9.17, 15) is 0 Å². The molecule has 0 nitrogen and oxygen atoms in total. The van der Waals surface area contributed by atoms with Crippen LogP contribution in [0.5, 0.6) is 0 Å². The molecule has 0 bridgehead atoms. The lowest BCUT2D eigenvalue weighted by Gasteiger charge is -2.33. The summed E-state index contributed by atoms with van der Waals surface area (Å²) in [6.07, 6.45) is 11.9. The van der Waals surface area contributed by atoms with Gasteiger partial charge in [0.05, 0.1) is 0 Å². The highest BCUT2D eigenvalue weighted by Crippen LogP contribution is 2.50. The summed E-state index contributed by atoms with van der Waals surface area (Å²) < 4.78 is 0. The predicted octanol–water partition coefficient (Wildman–Crippen LogP) is 3.88. The second-order valence-corrected chi connectivity index (χ2v) is 5.70. The molecule has 0 radical (unpaired) electrons. The Kier molecular flexibility index (Phi) is 2.27. The highest BCUT2D eigenvalue weighted by molar-refractivity contribution is 9.09. The number of hydrogen-bond acceptors (Lipinski definition) is 0. The second-order valence-electron chi connectivity index (χ2n) is 4.40. The molecular weight excluding hydrogens is 200 g/mol. The highest BCUT2D eigenvalue weighted by atomic mass is 79.9. The first-order valence-corrected chi connectivity index (χ1v) is 5.86. The Hall–Kier alpha value is 0.480. The third-order valence-corrected chi connectivity index (χ3v) is 4.34. The largest absolute Gasteiger partial charge is 0.0890 e. The Morgan fingerprint density at radius 2 is 1.73 bits per heavy atom. The van der Waals surface area contributed by atoms with E-state index in [1.165, 1.54) is 51.4 Å². The van der Waals surface area contributed by atoms with Crippen molar-refractivity contribution < 1.29 is 0 Å². The molecule has 2 aliphatic carbocycles. The van der Waals surface area contributed by atoms with Crippen molar-refractivity contribution in [2.45, 2.75) is 56.2 Å². The van der Waals surface area contributed by atoms with Crippen LogP contribution >= 0.6 is 15.9 Å². The van der Waals surface area contributed by atoms with E-state index >= 15 is 0 Å². The van der Waals surface area contributed by atoms with E-state index in [1.807, 2.05) is 0 Å². The van der Waals surface area contributed by atoms with Crippen LogP contribution in [0.1, 0.15) is 51.4 Å². The van der Waals surface area contributed by atoms with Crippen LogP contribution < -0.4 is 0 Å². The van der Waals surface area contributed by atoms with Crippen LogP contribution in [0.25, 0.3) is 0 Å².